The average Bonchev–Trinajstić information content (AvgIpc) is 2.65. The molecular formula is C18H20N3NaO8S. The van der Waals surface area contributed by atoms with Crippen LogP contribution in [0.2, 0.25) is 0 Å². The number of rotatable bonds is 5. The van der Waals surface area contributed by atoms with E-state index in [2.05, 4.69) is 14.7 Å². The SMILES string of the molecule is Cc1cc(C)nc(NS(=O)(=O)c2ccc([C@@H]3O[C@H](C(=O)[O-])[C@@H](O)[C@H](O)[C@H]3O)cc2)n1.[Na+]. The Morgan fingerprint density at radius 2 is 1.58 bits per heavy atom. The van der Waals surface area contributed by atoms with Crippen LogP contribution in [0.4, 0.5) is 5.95 Å². The number of carbonyl (C=O) groups excluding carboxylic acids is 1. The number of anilines is 1. The maximum Gasteiger partial charge on any atom is 1.00 e. The van der Waals surface area contributed by atoms with Crippen molar-refractivity contribution in [3.8, 4) is 0 Å². The van der Waals surface area contributed by atoms with Crippen molar-refractivity contribution in [2.45, 2.75) is 49.3 Å². The van der Waals surface area contributed by atoms with Gasteiger partial charge in [0, 0.05) is 11.4 Å². The second kappa shape index (κ2) is 9.88. The molecule has 0 bridgehead atoms. The van der Waals surface area contributed by atoms with Crippen LogP contribution in [0.5, 0.6) is 0 Å². The number of ether oxygens (including phenoxy) is 1. The van der Waals surface area contributed by atoms with Crippen LogP contribution < -0.4 is 39.4 Å². The van der Waals surface area contributed by atoms with Crippen molar-refractivity contribution in [1.29, 1.82) is 0 Å². The first kappa shape index (κ1) is 25.6. The number of aliphatic carboxylic acids is 1. The Balaban J connectivity index is 0.00000341. The molecule has 3 rings (SSSR count). The van der Waals surface area contributed by atoms with Gasteiger partial charge in [-0.25, -0.2) is 23.1 Å². The maximum atomic E-state index is 12.6. The zero-order valence-corrected chi connectivity index (χ0v) is 19.8. The predicted molar refractivity (Wildman–Crippen MR) is 99.4 cm³/mol. The molecule has 5 atom stereocenters. The van der Waals surface area contributed by atoms with E-state index in [0.29, 0.717) is 11.4 Å². The summed E-state index contributed by atoms with van der Waals surface area (Å²) in [4.78, 5) is 19.0. The molecule has 0 amide bonds. The van der Waals surface area contributed by atoms with E-state index in [9.17, 15) is 33.6 Å². The molecule has 31 heavy (non-hydrogen) atoms. The monoisotopic (exact) mass is 461 g/mol. The molecule has 1 saturated heterocycles. The Hall–Kier alpha value is -1.64. The van der Waals surface area contributed by atoms with Crippen LogP contribution in [0.15, 0.2) is 35.2 Å². The van der Waals surface area contributed by atoms with Gasteiger partial charge in [0.15, 0.2) is 0 Å². The molecule has 0 spiro atoms. The van der Waals surface area contributed by atoms with Crippen LogP contribution in [0.3, 0.4) is 0 Å². The molecular weight excluding hydrogens is 441 g/mol. The summed E-state index contributed by atoms with van der Waals surface area (Å²) in [6.07, 6.45) is -8.49. The summed E-state index contributed by atoms with van der Waals surface area (Å²) >= 11 is 0. The minimum Gasteiger partial charge on any atom is -0.547 e. The van der Waals surface area contributed by atoms with Gasteiger partial charge in [0.25, 0.3) is 10.0 Å². The first-order valence-electron chi connectivity index (χ1n) is 8.85. The third-order valence-electron chi connectivity index (χ3n) is 4.57. The minimum absolute atomic E-state index is 0. The van der Waals surface area contributed by atoms with Crippen molar-refractivity contribution in [2.24, 2.45) is 0 Å². The number of carbonyl (C=O) groups is 1. The van der Waals surface area contributed by atoms with Gasteiger partial charge in [-0.1, -0.05) is 12.1 Å². The number of carboxylic acid groups (broad SMARTS) is 1. The second-order valence-electron chi connectivity index (χ2n) is 6.92. The number of hydrogen-bond donors (Lipinski definition) is 4. The molecule has 162 valence electrons. The fourth-order valence-corrected chi connectivity index (χ4v) is 4.08. The summed E-state index contributed by atoms with van der Waals surface area (Å²) in [6, 6.07) is 6.69. The first-order chi connectivity index (χ1) is 14.0. The zero-order chi connectivity index (χ0) is 22.2. The van der Waals surface area contributed by atoms with Gasteiger partial charge < -0.3 is 30.0 Å². The van der Waals surface area contributed by atoms with Crippen molar-refractivity contribution in [3.63, 3.8) is 0 Å². The van der Waals surface area contributed by atoms with E-state index < -0.39 is 46.5 Å². The third kappa shape index (κ3) is 5.59. The summed E-state index contributed by atoms with van der Waals surface area (Å²) in [5.41, 5.74) is 1.37. The molecule has 1 aliphatic rings. The Labute approximate surface area is 200 Å². The Kier molecular flexibility index (Phi) is 8.16. The number of aliphatic hydroxyl groups excluding tert-OH is 3. The second-order valence-corrected chi connectivity index (χ2v) is 8.60. The van der Waals surface area contributed by atoms with E-state index in [4.69, 9.17) is 4.74 Å². The topological polar surface area (TPSA) is 182 Å². The number of aryl methyl sites for hydroxylation is 2. The number of sulfonamides is 1. The largest absolute Gasteiger partial charge is 1.00 e. The van der Waals surface area contributed by atoms with Crippen LogP contribution in [0, 0.1) is 13.8 Å². The number of nitrogens with one attached hydrogen (secondary N) is 1. The first-order valence-corrected chi connectivity index (χ1v) is 10.3. The summed E-state index contributed by atoms with van der Waals surface area (Å²) in [5.74, 6) is -1.84. The fourth-order valence-electron chi connectivity index (χ4n) is 3.14. The van der Waals surface area contributed by atoms with Crippen molar-refractivity contribution in [1.82, 2.24) is 9.97 Å². The van der Waals surface area contributed by atoms with Gasteiger partial charge in [0.05, 0.1) is 10.9 Å². The summed E-state index contributed by atoms with van der Waals surface area (Å²) in [5, 5.41) is 40.9. The molecule has 0 aliphatic carbocycles. The number of aromatic nitrogens is 2. The van der Waals surface area contributed by atoms with Crippen LogP contribution in [-0.4, -0.2) is 64.1 Å². The van der Waals surface area contributed by atoms with Crippen LogP contribution in [0.25, 0.3) is 0 Å². The standard InChI is InChI=1S/C18H21N3O8S.Na/c1-8-7-9(2)20-18(19-8)21-30(27,28)11-5-3-10(4-6-11)15-13(23)12(22)14(24)16(29-15)17(25)26;/h3-7,12-16,22-24H,1-2H3,(H,25,26)(H,19,20,21);/q;+1/p-1/t12-,13-,14+,15+,16+;/m1./s1. The van der Waals surface area contributed by atoms with Gasteiger partial charge >= 0.3 is 29.6 Å². The summed E-state index contributed by atoms with van der Waals surface area (Å²) < 4.78 is 32.6. The van der Waals surface area contributed by atoms with Crippen molar-refractivity contribution in [2.75, 3.05) is 4.72 Å². The molecule has 0 unspecified atom stereocenters. The molecule has 1 fully saturated rings. The fraction of sp³-hybridized carbons (Fsp3) is 0.389. The third-order valence-corrected chi connectivity index (χ3v) is 5.92. The van der Waals surface area contributed by atoms with Crippen LogP contribution >= 0.6 is 0 Å². The summed E-state index contributed by atoms with van der Waals surface area (Å²) in [6.45, 7) is 3.39. The van der Waals surface area contributed by atoms with Crippen molar-refractivity contribution < 1.29 is 67.9 Å². The average molecular weight is 461 g/mol. The van der Waals surface area contributed by atoms with Crippen molar-refractivity contribution >= 4 is 21.9 Å². The molecule has 1 aromatic heterocycles. The molecule has 0 radical (unpaired) electrons. The molecule has 13 heteroatoms. The van der Waals surface area contributed by atoms with Gasteiger partial charge in [-0.15, -0.1) is 0 Å². The smallest absolute Gasteiger partial charge is 0.547 e. The van der Waals surface area contributed by atoms with Gasteiger partial charge in [-0.2, -0.15) is 0 Å². The number of aliphatic hydroxyl groups is 3. The van der Waals surface area contributed by atoms with Gasteiger partial charge in [-0.3, -0.25) is 0 Å². The zero-order valence-electron chi connectivity index (χ0n) is 17.0. The Morgan fingerprint density at radius 1 is 1.03 bits per heavy atom. The molecule has 4 N–H and O–H groups in total. The minimum atomic E-state index is -4.02. The maximum absolute atomic E-state index is 12.6. The van der Waals surface area contributed by atoms with Gasteiger partial charge in [-0.05, 0) is 37.6 Å². The molecule has 1 aliphatic heterocycles. The van der Waals surface area contributed by atoms with E-state index >= 15 is 0 Å². The van der Waals surface area contributed by atoms with E-state index in [0.717, 1.165) is 0 Å². The van der Waals surface area contributed by atoms with E-state index in [1.54, 1.807) is 19.9 Å². The van der Waals surface area contributed by atoms with Crippen LogP contribution in [-0.2, 0) is 19.6 Å². The molecule has 2 heterocycles. The van der Waals surface area contributed by atoms with Crippen molar-refractivity contribution in [3.05, 3.63) is 47.3 Å². The molecule has 2 aromatic rings. The summed E-state index contributed by atoms with van der Waals surface area (Å²) in [7, 11) is -4.02. The van der Waals surface area contributed by atoms with E-state index in [-0.39, 0.29) is 46.0 Å². The quantitative estimate of drug-likeness (QED) is 0.315. The molecule has 1 aromatic carbocycles. The van der Waals surface area contributed by atoms with Gasteiger partial charge in [0.2, 0.25) is 5.95 Å². The van der Waals surface area contributed by atoms with E-state index in [1.807, 2.05) is 0 Å². The van der Waals surface area contributed by atoms with Crippen LogP contribution in [0.1, 0.15) is 23.1 Å². The molecule has 0 saturated carbocycles. The van der Waals surface area contributed by atoms with Gasteiger partial charge in [0.1, 0.15) is 30.5 Å². The number of benzene rings is 1. The Morgan fingerprint density at radius 3 is 2.10 bits per heavy atom. The number of carboxylic acids is 1. The number of hydrogen-bond acceptors (Lipinski definition) is 10. The molecule has 11 nitrogen and oxygen atoms in total. The normalized spacial score (nSPS) is 26.0. The predicted octanol–water partition coefficient (Wildman–Crippen LogP) is -4.83. The van der Waals surface area contributed by atoms with E-state index in [1.165, 1.54) is 24.3 Å². The number of nitrogens with zero attached hydrogens (tertiary/aromatic N) is 2. The Bertz CT molecular complexity index is 1030.